The van der Waals surface area contributed by atoms with Gasteiger partial charge in [-0.1, -0.05) is 94.5 Å². The van der Waals surface area contributed by atoms with Crippen LogP contribution in [0, 0.1) is 37.3 Å². The Hall–Kier alpha value is -2.73. The van der Waals surface area contributed by atoms with Crippen molar-refractivity contribution in [3.8, 4) is 11.1 Å². The largest absolute Gasteiger partial charge is 1.00 e. The minimum absolute atomic E-state index is 0. The summed E-state index contributed by atoms with van der Waals surface area (Å²) in [5.41, 5.74) is 8.80. The number of hydrogen-bond donors (Lipinski definition) is 0. The Bertz CT molecular complexity index is 1770. The molecule has 1 unspecified atom stereocenters. The van der Waals surface area contributed by atoms with Crippen LogP contribution in [0.3, 0.4) is 0 Å². The van der Waals surface area contributed by atoms with Crippen molar-refractivity contribution in [2.24, 2.45) is 11.3 Å². The van der Waals surface area contributed by atoms with E-state index in [1.165, 1.54) is 82.5 Å². The molecule has 4 aromatic carbocycles. The van der Waals surface area contributed by atoms with E-state index in [2.05, 4.69) is 96.2 Å². The van der Waals surface area contributed by atoms with Crippen molar-refractivity contribution in [3.63, 3.8) is 0 Å². The number of unbranched alkanes of at least 4 members (excludes halogenated alkanes) is 1. The van der Waals surface area contributed by atoms with Crippen LogP contribution in [0.15, 0.2) is 96.6 Å². The maximum absolute atomic E-state index is 12.7. The summed E-state index contributed by atoms with van der Waals surface area (Å²) in [6.07, 6.45) is 3.95. The molecule has 2 aliphatic rings. The summed E-state index contributed by atoms with van der Waals surface area (Å²) in [5, 5.41) is 0. The second-order valence-corrected chi connectivity index (χ2v) is 15.1. The normalized spacial score (nSPS) is 14.3. The molecule has 0 spiro atoms. The van der Waals surface area contributed by atoms with Crippen LogP contribution >= 0.6 is 0 Å². The standard InChI is InChI=1S/C15H8F6.C15H13.C13H21.2ClH.Zr/c16-14(17,18)12-5-1-3-10(8-12)7-11-4-2-6-13(9-11)15(19,20)21;1-10-3-5-14-12(7-10)9-13-8-11(2)4-6-15(13)14;1-5-6-7-11-8-9-12(10-11)13(2,3)4;;;/h1-6,8-9H;3-7H,9H2,1-2H3;9-11H,5-7H2,1-4H3;2*1H;/q;2*-1;;;+2/p-2. The van der Waals surface area contributed by atoms with Crippen molar-refractivity contribution >= 4 is 3.21 Å². The quantitative estimate of drug-likeness (QED) is 0.137. The molecule has 0 N–H and O–H groups in total. The summed E-state index contributed by atoms with van der Waals surface area (Å²) in [5.74, 6) is 0.592. The van der Waals surface area contributed by atoms with Gasteiger partial charge in [0.25, 0.3) is 0 Å². The zero-order valence-corrected chi connectivity index (χ0v) is 34.1. The number of aryl methyl sites for hydroxylation is 2. The zero-order chi connectivity index (χ0) is 36.9. The van der Waals surface area contributed by atoms with Gasteiger partial charge in [-0.15, -0.1) is 11.1 Å². The minimum Gasteiger partial charge on any atom is -1.00 e. The maximum atomic E-state index is 12.7. The van der Waals surface area contributed by atoms with Gasteiger partial charge in [0.1, 0.15) is 0 Å². The van der Waals surface area contributed by atoms with E-state index >= 15 is 0 Å². The Morgan fingerprint density at radius 3 is 1.83 bits per heavy atom. The molecule has 0 aromatic heterocycles. The van der Waals surface area contributed by atoms with Crippen LogP contribution in [0.2, 0.25) is 0 Å². The molecule has 4 aromatic rings. The van der Waals surface area contributed by atoms with Gasteiger partial charge in [-0.3, -0.25) is 6.08 Å². The topological polar surface area (TPSA) is 0 Å². The molecule has 9 heteroatoms. The number of halogens is 8. The number of alkyl halides is 6. The second kappa shape index (κ2) is 19.0. The zero-order valence-electron chi connectivity index (χ0n) is 30.1. The van der Waals surface area contributed by atoms with Gasteiger partial charge in [0, 0.05) is 0 Å². The van der Waals surface area contributed by atoms with Crippen LogP contribution in [0.5, 0.6) is 0 Å². The molecule has 0 radical (unpaired) electrons. The van der Waals surface area contributed by atoms with Crippen LogP contribution in [0.1, 0.15) is 91.5 Å². The van der Waals surface area contributed by atoms with E-state index in [-0.39, 0.29) is 35.9 Å². The van der Waals surface area contributed by atoms with Gasteiger partial charge in [0.2, 0.25) is 0 Å². The molecule has 0 saturated heterocycles. The van der Waals surface area contributed by atoms with Crippen LogP contribution in [0.25, 0.3) is 11.1 Å². The molecule has 0 nitrogen and oxygen atoms in total. The Kier molecular flexibility index (Phi) is 16.6. The molecule has 0 fully saturated rings. The van der Waals surface area contributed by atoms with E-state index < -0.39 is 23.5 Å². The van der Waals surface area contributed by atoms with Gasteiger partial charge in [-0.05, 0) is 18.9 Å². The molecule has 6 rings (SSSR count). The van der Waals surface area contributed by atoms with Gasteiger partial charge in [-0.25, -0.2) is 6.08 Å². The second-order valence-electron chi connectivity index (χ2n) is 13.8. The van der Waals surface area contributed by atoms with Crippen molar-refractivity contribution < 1.29 is 75.4 Å². The molecule has 0 bridgehead atoms. The van der Waals surface area contributed by atoms with Crippen molar-refractivity contribution in [2.75, 3.05) is 0 Å². The van der Waals surface area contributed by atoms with Crippen LogP contribution in [0.4, 0.5) is 26.3 Å². The average molecular weight is 835 g/mol. The Morgan fingerprint density at radius 1 is 0.769 bits per heavy atom. The van der Waals surface area contributed by atoms with Gasteiger partial charge >= 0.3 is 137 Å². The summed E-state index contributed by atoms with van der Waals surface area (Å²) in [7, 11) is 0. The predicted octanol–water partition coefficient (Wildman–Crippen LogP) is 6.66. The molecule has 1 atom stereocenters. The first-order valence-corrected chi connectivity index (χ1v) is 18.0. The van der Waals surface area contributed by atoms with Crippen molar-refractivity contribution in [2.45, 2.75) is 79.6 Å². The molecule has 0 amide bonds. The molecule has 276 valence electrons. The average Bonchev–Trinajstić information content (AvgIpc) is 3.68. The molecular formula is C43H42Cl2F6Zr-2. The van der Waals surface area contributed by atoms with Gasteiger partial charge in [0.15, 0.2) is 0 Å². The molecule has 2 aliphatic carbocycles. The number of allylic oxidation sites excluding steroid dienone is 4. The predicted molar refractivity (Wildman–Crippen MR) is 187 cm³/mol. The Morgan fingerprint density at radius 2 is 1.33 bits per heavy atom. The fourth-order valence-electron chi connectivity index (χ4n) is 5.81. The van der Waals surface area contributed by atoms with Gasteiger partial charge < -0.3 is 24.8 Å². The molecule has 0 saturated carbocycles. The first kappa shape index (κ1) is 45.4. The van der Waals surface area contributed by atoms with Crippen molar-refractivity contribution in [3.05, 3.63) is 153 Å². The van der Waals surface area contributed by atoms with Gasteiger partial charge in [-0.2, -0.15) is 35.4 Å². The summed E-state index contributed by atoms with van der Waals surface area (Å²) >= 11 is 0.729. The Labute approximate surface area is 332 Å². The summed E-state index contributed by atoms with van der Waals surface area (Å²) in [6, 6.07) is 23.7. The number of hydrogen-bond acceptors (Lipinski definition) is 0. The fraction of sp³-hybridized carbons (Fsp3) is 0.326. The summed E-state index contributed by atoms with van der Waals surface area (Å²) < 4.78 is 76.7. The molecular weight excluding hydrogens is 793 g/mol. The van der Waals surface area contributed by atoms with E-state index in [4.69, 9.17) is 0 Å². The van der Waals surface area contributed by atoms with E-state index in [1.54, 1.807) is 0 Å². The Balaban J connectivity index is 0.000000276. The summed E-state index contributed by atoms with van der Waals surface area (Å²) in [4.78, 5) is 0. The van der Waals surface area contributed by atoms with E-state index in [0.29, 0.717) is 14.5 Å². The minimum atomic E-state index is -4.49. The maximum Gasteiger partial charge on any atom is -1.00 e. The first-order valence-electron chi connectivity index (χ1n) is 16.7. The van der Waals surface area contributed by atoms with Crippen LogP contribution in [-0.4, -0.2) is 3.21 Å². The van der Waals surface area contributed by atoms with E-state index in [9.17, 15) is 26.3 Å². The molecule has 0 heterocycles. The molecule has 0 aliphatic heterocycles. The number of fused-ring (bicyclic) bond motifs is 3. The third-order valence-electron chi connectivity index (χ3n) is 8.62. The van der Waals surface area contributed by atoms with Crippen LogP contribution in [-0.2, 0) is 43.0 Å². The smallest absolute Gasteiger partial charge is 1.00 e. The van der Waals surface area contributed by atoms with Crippen molar-refractivity contribution in [1.82, 2.24) is 0 Å². The fourth-order valence-corrected chi connectivity index (χ4v) is 6.57. The van der Waals surface area contributed by atoms with E-state index in [0.717, 1.165) is 54.9 Å². The third kappa shape index (κ3) is 12.4. The van der Waals surface area contributed by atoms with E-state index in [1.807, 2.05) is 0 Å². The number of rotatable bonds is 5. The SMILES string of the molecule is CCCCC1[C-]=CC(C(C)(C)C)=C1.Cc1[c-]c2c(cc1)-c1ccc(C)cc1C2.FC(F)(F)c1cccc([C](=[Zr+2])c2cccc(C(F)(F)F)c2)c1.[Cl-].[Cl-]. The van der Waals surface area contributed by atoms with Gasteiger partial charge in [0.05, 0.1) is 0 Å². The van der Waals surface area contributed by atoms with Crippen molar-refractivity contribution in [1.29, 1.82) is 0 Å². The first-order chi connectivity index (χ1) is 23.4. The van der Waals surface area contributed by atoms with Crippen LogP contribution < -0.4 is 24.8 Å². The molecule has 52 heavy (non-hydrogen) atoms. The third-order valence-corrected chi connectivity index (χ3v) is 10.0. The monoisotopic (exact) mass is 832 g/mol. The summed E-state index contributed by atoms with van der Waals surface area (Å²) in [6.45, 7) is 13.3. The number of benzene rings is 4.